The number of halogens is 1. The highest BCUT2D eigenvalue weighted by atomic mass is 35.5. The van der Waals surface area contributed by atoms with Gasteiger partial charge in [0.15, 0.2) is 22.5 Å². The SMILES string of the molecule is COc1cccc(-c2nc(CSc3nnc(-c4ccccc4Cl)n3C)cs2)c1OC. The van der Waals surface area contributed by atoms with E-state index in [9.17, 15) is 0 Å². The molecule has 2 heterocycles. The zero-order valence-corrected chi connectivity index (χ0v) is 19.0. The van der Waals surface area contributed by atoms with E-state index in [0.29, 0.717) is 22.3 Å². The molecule has 0 saturated carbocycles. The predicted octanol–water partition coefficient (Wildman–Crippen LogP) is 5.57. The third-order valence-corrected chi connectivity index (χ3v) is 6.79. The van der Waals surface area contributed by atoms with E-state index in [2.05, 4.69) is 10.2 Å². The van der Waals surface area contributed by atoms with Gasteiger partial charge < -0.3 is 14.0 Å². The summed E-state index contributed by atoms with van der Waals surface area (Å²) in [6.45, 7) is 0. The Kier molecular flexibility index (Phi) is 6.26. The molecule has 4 aromatic rings. The molecule has 2 aromatic carbocycles. The average molecular weight is 459 g/mol. The Labute approximate surface area is 187 Å². The van der Waals surface area contributed by atoms with Crippen LogP contribution in [-0.4, -0.2) is 34.0 Å². The molecular weight excluding hydrogens is 440 g/mol. The molecule has 0 bridgehead atoms. The zero-order chi connectivity index (χ0) is 21.1. The Bertz CT molecular complexity index is 1180. The van der Waals surface area contributed by atoms with Crippen LogP contribution in [0.1, 0.15) is 5.69 Å². The van der Waals surface area contributed by atoms with Gasteiger partial charge in [0.2, 0.25) is 0 Å². The molecule has 0 atom stereocenters. The van der Waals surface area contributed by atoms with Gasteiger partial charge in [-0.25, -0.2) is 4.98 Å². The molecule has 0 spiro atoms. The summed E-state index contributed by atoms with van der Waals surface area (Å²) in [7, 11) is 5.20. The van der Waals surface area contributed by atoms with Gasteiger partial charge in [-0.2, -0.15) is 0 Å². The van der Waals surface area contributed by atoms with Crippen molar-refractivity contribution in [3.8, 4) is 33.5 Å². The summed E-state index contributed by atoms with van der Waals surface area (Å²) in [4.78, 5) is 4.77. The maximum absolute atomic E-state index is 6.30. The van der Waals surface area contributed by atoms with E-state index in [1.807, 2.05) is 59.5 Å². The molecule has 0 unspecified atom stereocenters. The molecule has 154 valence electrons. The van der Waals surface area contributed by atoms with Crippen LogP contribution < -0.4 is 9.47 Å². The number of hydrogen-bond acceptors (Lipinski definition) is 7. The Morgan fingerprint density at radius 3 is 2.60 bits per heavy atom. The summed E-state index contributed by atoms with van der Waals surface area (Å²) in [5.74, 6) is 2.79. The summed E-state index contributed by atoms with van der Waals surface area (Å²) in [5, 5.41) is 13.0. The van der Waals surface area contributed by atoms with Crippen molar-refractivity contribution in [3.63, 3.8) is 0 Å². The quantitative estimate of drug-likeness (QED) is 0.337. The second kappa shape index (κ2) is 9.07. The highest BCUT2D eigenvalue weighted by Crippen LogP contribution is 2.39. The summed E-state index contributed by atoms with van der Waals surface area (Å²) < 4.78 is 12.9. The van der Waals surface area contributed by atoms with E-state index in [1.165, 1.54) is 0 Å². The summed E-state index contributed by atoms with van der Waals surface area (Å²) in [5.41, 5.74) is 2.74. The monoisotopic (exact) mass is 458 g/mol. The molecule has 0 aliphatic carbocycles. The third kappa shape index (κ3) is 4.03. The highest BCUT2D eigenvalue weighted by Gasteiger charge is 2.16. The number of thioether (sulfide) groups is 1. The van der Waals surface area contributed by atoms with Crippen molar-refractivity contribution in [2.24, 2.45) is 7.05 Å². The van der Waals surface area contributed by atoms with Crippen LogP contribution in [0.5, 0.6) is 11.5 Å². The normalized spacial score (nSPS) is 10.9. The van der Waals surface area contributed by atoms with Gasteiger partial charge in [0.1, 0.15) is 5.01 Å². The standard InChI is InChI=1S/C21H19ClN4O2S2/c1-26-19(14-7-4-5-9-16(14)22)24-25-21(26)30-12-13-11-29-20(23-13)15-8-6-10-17(27-2)18(15)28-3/h4-11H,12H2,1-3H3. The molecule has 0 fully saturated rings. The molecule has 0 N–H and O–H groups in total. The minimum Gasteiger partial charge on any atom is -0.493 e. The Morgan fingerprint density at radius 1 is 1.03 bits per heavy atom. The molecule has 0 radical (unpaired) electrons. The topological polar surface area (TPSA) is 62.1 Å². The van der Waals surface area contributed by atoms with Crippen molar-refractivity contribution in [2.45, 2.75) is 10.9 Å². The molecule has 30 heavy (non-hydrogen) atoms. The van der Waals surface area contributed by atoms with E-state index in [-0.39, 0.29) is 0 Å². The first kappa shape index (κ1) is 20.7. The Hall–Kier alpha value is -2.55. The van der Waals surface area contributed by atoms with Crippen LogP contribution in [0.25, 0.3) is 22.0 Å². The maximum atomic E-state index is 6.30. The summed E-state index contributed by atoms with van der Waals surface area (Å²) in [6.07, 6.45) is 0. The summed E-state index contributed by atoms with van der Waals surface area (Å²) in [6, 6.07) is 13.4. The number of hydrogen-bond donors (Lipinski definition) is 0. The van der Waals surface area contributed by atoms with Crippen molar-refractivity contribution < 1.29 is 9.47 Å². The molecule has 0 saturated heterocycles. The van der Waals surface area contributed by atoms with Gasteiger partial charge in [0.05, 0.1) is 30.5 Å². The number of aromatic nitrogens is 4. The van der Waals surface area contributed by atoms with Crippen LogP contribution in [0.2, 0.25) is 5.02 Å². The first-order valence-electron chi connectivity index (χ1n) is 9.05. The second-order valence-electron chi connectivity index (χ2n) is 6.32. The van der Waals surface area contributed by atoms with Gasteiger partial charge in [0.25, 0.3) is 0 Å². The van der Waals surface area contributed by atoms with Crippen LogP contribution in [-0.2, 0) is 12.8 Å². The number of methoxy groups -OCH3 is 2. The zero-order valence-electron chi connectivity index (χ0n) is 16.6. The first-order chi connectivity index (χ1) is 14.6. The predicted molar refractivity (Wildman–Crippen MR) is 122 cm³/mol. The number of para-hydroxylation sites is 1. The molecule has 9 heteroatoms. The number of benzene rings is 2. The maximum Gasteiger partial charge on any atom is 0.191 e. The largest absolute Gasteiger partial charge is 0.493 e. The van der Waals surface area contributed by atoms with Crippen LogP contribution in [0, 0.1) is 0 Å². The van der Waals surface area contributed by atoms with Gasteiger partial charge >= 0.3 is 0 Å². The van der Waals surface area contributed by atoms with Crippen molar-refractivity contribution >= 4 is 34.7 Å². The van der Waals surface area contributed by atoms with Crippen molar-refractivity contribution in [3.05, 3.63) is 58.6 Å². The number of nitrogens with zero attached hydrogens (tertiary/aromatic N) is 4. The summed E-state index contributed by atoms with van der Waals surface area (Å²) >= 11 is 9.46. The molecule has 0 aliphatic rings. The lowest BCUT2D eigenvalue weighted by Gasteiger charge is -2.10. The van der Waals surface area contributed by atoms with E-state index in [4.69, 9.17) is 26.1 Å². The van der Waals surface area contributed by atoms with E-state index in [0.717, 1.165) is 32.8 Å². The van der Waals surface area contributed by atoms with Crippen molar-refractivity contribution in [1.29, 1.82) is 0 Å². The molecular formula is C21H19ClN4O2S2. The molecule has 0 aliphatic heterocycles. The minimum atomic E-state index is 0.654. The van der Waals surface area contributed by atoms with Crippen LogP contribution in [0.15, 0.2) is 53.0 Å². The van der Waals surface area contributed by atoms with E-state index >= 15 is 0 Å². The number of rotatable bonds is 7. The fourth-order valence-electron chi connectivity index (χ4n) is 3.01. The second-order valence-corrected chi connectivity index (χ2v) is 8.53. The molecule has 0 amide bonds. The van der Waals surface area contributed by atoms with Gasteiger partial charge in [-0.15, -0.1) is 21.5 Å². The van der Waals surface area contributed by atoms with Gasteiger partial charge in [-0.3, -0.25) is 0 Å². The van der Waals surface area contributed by atoms with Crippen molar-refractivity contribution in [1.82, 2.24) is 19.7 Å². The van der Waals surface area contributed by atoms with Crippen molar-refractivity contribution in [2.75, 3.05) is 14.2 Å². The Balaban J connectivity index is 1.52. The van der Waals surface area contributed by atoms with Gasteiger partial charge in [0, 0.05) is 23.7 Å². The third-order valence-electron chi connectivity index (χ3n) is 4.48. The van der Waals surface area contributed by atoms with Crippen LogP contribution in [0.3, 0.4) is 0 Å². The van der Waals surface area contributed by atoms with Gasteiger partial charge in [-0.1, -0.05) is 41.6 Å². The average Bonchev–Trinajstić information content (AvgIpc) is 3.38. The van der Waals surface area contributed by atoms with Gasteiger partial charge in [-0.05, 0) is 24.3 Å². The lowest BCUT2D eigenvalue weighted by atomic mass is 10.2. The van der Waals surface area contributed by atoms with E-state index in [1.54, 1.807) is 37.3 Å². The van der Waals surface area contributed by atoms with E-state index < -0.39 is 0 Å². The smallest absolute Gasteiger partial charge is 0.191 e. The lowest BCUT2D eigenvalue weighted by Crippen LogP contribution is -1.95. The lowest BCUT2D eigenvalue weighted by molar-refractivity contribution is 0.356. The first-order valence-corrected chi connectivity index (χ1v) is 11.3. The molecule has 4 rings (SSSR count). The Morgan fingerprint density at radius 2 is 1.83 bits per heavy atom. The van der Waals surface area contributed by atoms with Crippen LogP contribution >= 0.6 is 34.7 Å². The number of ether oxygens (including phenoxy) is 2. The minimum absolute atomic E-state index is 0.654. The molecule has 6 nitrogen and oxygen atoms in total. The fraction of sp³-hybridized carbons (Fsp3) is 0.190. The number of thiazole rings is 1. The molecule has 2 aromatic heterocycles. The fourth-order valence-corrected chi connectivity index (χ4v) is 4.98. The van der Waals surface area contributed by atoms with Crippen LogP contribution in [0.4, 0.5) is 0 Å². The highest BCUT2D eigenvalue weighted by molar-refractivity contribution is 7.98.